The fourth-order valence-corrected chi connectivity index (χ4v) is 2.02. The monoisotopic (exact) mass is 244 g/mol. The lowest BCUT2D eigenvalue weighted by molar-refractivity contribution is -0.154. The number of hydrogen-bond acceptors (Lipinski definition) is 4. The normalized spacial score (nSPS) is 28.0. The van der Waals surface area contributed by atoms with Crippen LogP contribution in [0.4, 0.5) is 0 Å². The number of carbonyl (C=O) groups is 2. The van der Waals surface area contributed by atoms with E-state index in [4.69, 9.17) is 14.6 Å². The number of ether oxygens (including phenoxy) is 2. The van der Waals surface area contributed by atoms with Gasteiger partial charge >= 0.3 is 11.9 Å². The summed E-state index contributed by atoms with van der Waals surface area (Å²) in [6, 6.07) is 0. The summed E-state index contributed by atoms with van der Waals surface area (Å²) in [5.41, 5.74) is 0. The molecule has 0 aromatic carbocycles. The van der Waals surface area contributed by atoms with Crippen LogP contribution in [0.5, 0.6) is 0 Å². The van der Waals surface area contributed by atoms with Gasteiger partial charge < -0.3 is 14.6 Å². The number of esters is 1. The van der Waals surface area contributed by atoms with Crippen molar-refractivity contribution in [2.75, 3.05) is 0 Å². The van der Waals surface area contributed by atoms with Crippen molar-refractivity contribution in [1.29, 1.82) is 0 Å². The summed E-state index contributed by atoms with van der Waals surface area (Å²) in [5, 5.41) is 8.47. The Morgan fingerprint density at radius 2 is 2.12 bits per heavy atom. The highest BCUT2D eigenvalue weighted by molar-refractivity contribution is 5.76. The van der Waals surface area contributed by atoms with Crippen LogP contribution in [0.15, 0.2) is 0 Å². The molecule has 1 saturated heterocycles. The average molecular weight is 244 g/mol. The van der Waals surface area contributed by atoms with Crippen LogP contribution in [-0.2, 0) is 19.1 Å². The van der Waals surface area contributed by atoms with Crippen LogP contribution in [0.25, 0.3) is 0 Å². The maximum Gasteiger partial charge on any atom is 0.306 e. The Labute approximate surface area is 101 Å². The molecular formula is C12H20O5. The summed E-state index contributed by atoms with van der Waals surface area (Å²) in [4.78, 5) is 21.7. The SMILES string of the molecule is CCCC1OC(C)CC1OC(=O)CCC(=O)O. The molecule has 0 amide bonds. The van der Waals surface area contributed by atoms with Gasteiger partial charge in [-0.2, -0.15) is 0 Å². The summed E-state index contributed by atoms with van der Waals surface area (Å²) >= 11 is 0. The fraction of sp³-hybridized carbons (Fsp3) is 0.833. The lowest BCUT2D eigenvalue weighted by atomic mass is 10.1. The molecule has 0 spiro atoms. The number of rotatable bonds is 6. The summed E-state index contributed by atoms with van der Waals surface area (Å²) in [5.74, 6) is -1.43. The van der Waals surface area contributed by atoms with Crippen molar-refractivity contribution in [3.8, 4) is 0 Å². The Hall–Kier alpha value is -1.10. The first-order chi connectivity index (χ1) is 8.02. The van der Waals surface area contributed by atoms with Gasteiger partial charge in [-0.15, -0.1) is 0 Å². The van der Waals surface area contributed by atoms with E-state index in [0.29, 0.717) is 6.42 Å². The van der Waals surface area contributed by atoms with Gasteiger partial charge in [-0.1, -0.05) is 13.3 Å². The van der Waals surface area contributed by atoms with E-state index in [2.05, 4.69) is 6.92 Å². The van der Waals surface area contributed by atoms with Crippen LogP contribution >= 0.6 is 0 Å². The molecule has 5 nitrogen and oxygen atoms in total. The second-order valence-corrected chi connectivity index (χ2v) is 4.43. The van der Waals surface area contributed by atoms with Crippen molar-refractivity contribution in [3.05, 3.63) is 0 Å². The standard InChI is InChI=1S/C12H20O5/c1-3-4-9-10(7-8(2)16-9)17-12(15)6-5-11(13)14/h8-10H,3-7H2,1-2H3,(H,13,14). The molecule has 1 aliphatic heterocycles. The van der Waals surface area contributed by atoms with Gasteiger partial charge in [0.15, 0.2) is 0 Å². The van der Waals surface area contributed by atoms with E-state index in [1.165, 1.54) is 0 Å². The Morgan fingerprint density at radius 3 is 2.71 bits per heavy atom. The van der Waals surface area contributed by atoms with E-state index in [1.54, 1.807) is 0 Å². The summed E-state index contributed by atoms with van der Waals surface area (Å²) in [6.45, 7) is 4.00. The molecule has 0 aliphatic carbocycles. The topological polar surface area (TPSA) is 72.8 Å². The zero-order valence-electron chi connectivity index (χ0n) is 10.3. The number of carboxylic acid groups (broad SMARTS) is 1. The van der Waals surface area contributed by atoms with Crippen LogP contribution in [-0.4, -0.2) is 35.4 Å². The predicted octanol–water partition coefficient (Wildman–Crippen LogP) is 1.74. The first-order valence-corrected chi connectivity index (χ1v) is 6.09. The van der Waals surface area contributed by atoms with Gasteiger partial charge in [-0.25, -0.2) is 0 Å². The Kier molecular flexibility index (Phi) is 5.41. The largest absolute Gasteiger partial charge is 0.481 e. The van der Waals surface area contributed by atoms with E-state index in [9.17, 15) is 9.59 Å². The van der Waals surface area contributed by atoms with Gasteiger partial charge in [0.2, 0.25) is 0 Å². The highest BCUT2D eigenvalue weighted by atomic mass is 16.6. The van der Waals surface area contributed by atoms with Gasteiger partial charge in [-0.3, -0.25) is 9.59 Å². The molecule has 17 heavy (non-hydrogen) atoms. The molecule has 1 heterocycles. The number of carbonyl (C=O) groups excluding carboxylic acids is 1. The van der Waals surface area contributed by atoms with Crippen molar-refractivity contribution in [1.82, 2.24) is 0 Å². The summed E-state index contributed by atoms with van der Waals surface area (Å²) < 4.78 is 10.9. The molecule has 0 aromatic rings. The summed E-state index contributed by atoms with van der Waals surface area (Å²) in [7, 11) is 0. The number of aliphatic carboxylic acids is 1. The molecule has 1 aliphatic rings. The number of carboxylic acids is 1. The van der Waals surface area contributed by atoms with Crippen molar-refractivity contribution < 1.29 is 24.2 Å². The Bertz CT molecular complexity index is 276. The molecule has 1 N–H and O–H groups in total. The second kappa shape index (κ2) is 6.59. The zero-order valence-corrected chi connectivity index (χ0v) is 10.3. The van der Waals surface area contributed by atoms with Gasteiger partial charge in [0, 0.05) is 6.42 Å². The third kappa shape index (κ3) is 4.73. The van der Waals surface area contributed by atoms with E-state index in [1.807, 2.05) is 6.92 Å². The molecule has 1 fully saturated rings. The highest BCUT2D eigenvalue weighted by Gasteiger charge is 2.34. The molecule has 1 rings (SSSR count). The molecule has 3 unspecified atom stereocenters. The molecule has 0 radical (unpaired) electrons. The molecule has 3 atom stereocenters. The Balaban J connectivity index is 2.38. The van der Waals surface area contributed by atoms with Crippen molar-refractivity contribution in [2.24, 2.45) is 0 Å². The van der Waals surface area contributed by atoms with Crippen molar-refractivity contribution >= 4 is 11.9 Å². The molecule has 98 valence electrons. The maximum atomic E-state index is 11.4. The summed E-state index contributed by atoms with van der Waals surface area (Å²) in [6.07, 6.45) is 2.13. The fourth-order valence-electron chi connectivity index (χ4n) is 2.02. The van der Waals surface area contributed by atoms with Gasteiger partial charge in [0.05, 0.1) is 25.0 Å². The highest BCUT2D eigenvalue weighted by Crippen LogP contribution is 2.26. The lowest BCUT2D eigenvalue weighted by Gasteiger charge is -2.18. The van der Waals surface area contributed by atoms with E-state index >= 15 is 0 Å². The molecule has 5 heteroatoms. The quantitative estimate of drug-likeness (QED) is 0.720. The maximum absolute atomic E-state index is 11.4. The number of hydrogen-bond donors (Lipinski definition) is 1. The molecule has 0 saturated carbocycles. The van der Waals surface area contributed by atoms with Crippen LogP contribution in [0, 0.1) is 0 Å². The third-order valence-corrected chi connectivity index (χ3v) is 2.79. The van der Waals surface area contributed by atoms with Crippen LogP contribution in [0.1, 0.15) is 46.0 Å². The zero-order chi connectivity index (χ0) is 12.8. The first-order valence-electron chi connectivity index (χ1n) is 6.09. The predicted molar refractivity (Wildman–Crippen MR) is 60.6 cm³/mol. The van der Waals surface area contributed by atoms with Gasteiger partial charge in [0.1, 0.15) is 6.10 Å². The van der Waals surface area contributed by atoms with Gasteiger partial charge in [-0.05, 0) is 13.3 Å². The van der Waals surface area contributed by atoms with Crippen LogP contribution in [0.3, 0.4) is 0 Å². The smallest absolute Gasteiger partial charge is 0.306 e. The van der Waals surface area contributed by atoms with Crippen molar-refractivity contribution in [3.63, 3.8) is 0 Å². The van der Waals surface area contributed by atoms with E-state index in [0.717, 1.165) is 12.8 Å². The molecule has 0 bridgehead atoms. The average Bonchev–Trinajstić information content (AvgIpc) is 2.57. The first kappa shape index (κ1) is 14.0. The van der Waals surface area contributed by atoms with Crippen molar-refractivity contribution in [2.45, 2.75) is 64.3 Å². The van der Waals surface area contributed by atoms with E-state index in [-0.39, 0.29) is 31.2 Å². The second-order valence-electron chi connectivity index (χ2n) is 4.43. The molecule has 0 aromatic heterocycles. The minimum Gasteiger partial charge on any atom is -0.481 e. The van der Waals surface area contributed by atoms with Crippen LogP contribution in [0.2, 0.25) is 0 Å². The van der Waals surface area contributed by atoms with Crippen LogP contribution < -0.4 is 0 Å². The molecular weight excluding hydrogens is 224 g/mol. The minimum atomic E-state index is -0.983. The Morgan fingerprint density at radius 1 is 1.41 bits per heavy atom. The minimum absolute atomic E-state index is 0.0382. The van der Waals surface area contributed by atoms with E-state index < -0.39 is 11.9 Å². The third-order valence-electron chi connectivity index (χ3n) is 2.79. The lowest BCUT2D eigenvalue weighted by Crippen LogP contribution is -2.27. The van der Waals surface area contributed by atoms with Gasteiger partial charge in [0.25, 0.3) is 0 Å².